The Morgan fingerprint density at radius 1 is 1.19 bits per heavy atom. The normalized spacial score (nSPS) is 25.2. The predicted molar refractivity (Wildman–Crippen MR) is 102 cm³/mol. The maximum Gasteiger partial charge on any atom is 0.226 e. The van der Waals surface area contributed by atoms with Gasteiger partial charge in [0, 0.05) is 12.6 Å². The van der Waals surface area contributed by atoms with Gasteiger partial charge in [-0.1, -0.05) is 6.42 Å². The summed E-state index contributed by atoms with van der Waals surface area (Å²) in [5, 5.41) is 3.79. The molecule has 2 heterocycles. The molecular weight excluding hydrogens is 353 g/mol. The maximum absolute atomic E-state index is 12.9. The number of hydrogen-bond donors (Lipinski definition) is 1. The second-order valence-corrected chi connectivity index (χ2v) is 8.41. The Morgan fingerprint density at radius 2 is 1.92 bits per heavy atom. The van der Waals surface area contributed by atoms with Crippen LogP contribution in [0.3, 0.4) is 0 Å². The molecule has 0 bridgehead atoms. The number of nitrogens with zero attached hydrogens (tertiary/aromatic N) is 4. The van der Waals surface area contributed by atoms with Gasteiger partial charge in [-0.15, -0.1) is 0 Å². The Labute approximate surface area is 158 Å². The van der Waals surface area contributed by atoms with Gasteiger partial charge in [-0.2, -0.15) is 9.97 Å². The minimum Gasteiger partial charge on any atom is -0.365 e. The molecule has 0 radical (unpaired) electrons. The standard InChI is InChI=1S/C19H27ClFN5/c1-12(15-3-2-4-15)23-18-16-17(24-19(20)25-18)22-11-26(16)10-14-7-5-13(9-21)6-8-14/h11-15H,2-10H2,1H3,(H,23,24,25)/t12-,13-,14-/m1/s1. The van der Waals surface area contributed by atoms with E-state index in [1.807, 2.05) is 6.33 Å². The average Bonchev–Trinajstić information content (AvgIpc) is 2.96. The van der Waals surface area contributed by atoms with Gasteiger partial charge < -0.3 is 9.88 Å². The summed E-state index contributed by atoms with van der Waals surface area (Å²) in [4.78, 5) is 13.2. The number of halogens is 2. The molecule has 0 unspecified atom stereocenters. The van der Waals surface area contributed by atoms with Crippen molar-refractivity contribution in [2.24, 2.45) is 17.8 Å². The van der Waals surface area contributed by atoms with E-state index in [0.29, 0.717) is 23.5 Å². The summed E-state index contributed by atoms with van der Waals surface area (Å²) in [7, 11) is 0. The number of rotatable bonds is 6. The number of aromatic nitrogens is 4. The molecule has 4 rings (SSSR count). The molecule has 0 aliphatic heterocycles. The Morgan fingerprint density at radius 3 is 2.58 bits per heavy atom. The summed E-state index contributed by atoms with van der Waals surface area (Å²) in [6.45, 7) is 2.91. The summed E-state index contributed by atoms with van der Waals surface area (Å²) >= 11 is 6.12. The van der Waals surface area contributed by atoms with Gasteiger partial charge in [0.1, 0.15) is 5.52 Å². The van der Waals surface area contributed by atoms with Crippen LogP contribution in [0.15, 0.2) is 6.33 Å². The van der Waals surface area contributed by atoms with Gasteiger partial charge in [-0.25, -0.2) is 4.98 Å². The predicted octanol–water partition coefficient (Wildman–Crippen LogP) is 4.86. The number of nitrogens with one attached hydrogen (secondary N) is 1. The van der Waals surface area contributed by atoms with Crippen LogP contribution < -0.4 is 5.32 Å². The molecule has 2 aliphatic carbocycles. The summed E-state index contributed by atoms with van der Waals surface area (Å²) < 4.78 is 15.0. The number of hydrogen-bond acceptors (Lipinski definition) is 4. The highest BCUT2D eigenvalue weighted by Crippen LogP contribution is 2.34. The summed E-state index contributed by atoms with van der Waals surface area (Å²) in [5.41, 5.74) is 1.58. The smallest absolute Gasteiger partial charge is 0.226 e. The van der Waals surface area contributed by atoms with Crippen LogP contribution in [-0.2, 0) is 6.54 Å². The highest BCUT2D eigenvalue weighted by Gasteiger charge is 2.26. The third-order valence-electron chi connectivity index (χ3n) is 6.31. The minimum atomic E-state index is -0.180. The van der Waals surface area contributed by atoms with Crippen molar-refractivity contribution < 1.29 is 4.39 Å². The van der Waals surface area contributed by atoms with Crippen molar-refractivity contribution in [1.29, 1.82) is 0 Å². The Kier molecular flexibility index (Phi) is 5.30. The van der Waals surface area contributed by atoms with Crippen LogP contribution in [0.1, 0.15) is 51.9 Å². The fraction of sp³-hybridized carbons (Fsp3) is 0.737. The monoisotopic (exact) mass is 379 g/mol. The number of anilines is 1. The van der Waals surface area contributed by atoms with Gasteiger partial charge in [-0.05, 0) is 74.8 Å². The molecule has 0 amide bonds. The Balaban J connectivity index is 1.55. The van der Waals surface area contributed by atoms with E-state index in [0.717, 1.165) is 43.6 Å². The van der Waals surface area contributed by atoms with E-state index in [-0.39, 0.29) is 17.9 Å². The molecule has 2 aromatic rings. The van der Waals surface area contributed by atoms with Gasteiger partial charge in [0.15, 0.2) is 11.5 Å². The number of alkyl halides is 1. The topological polar surface area (TPSA) is 55.6 Å². The van der Waals surface area contributed by atoms with Gasteiger partial charge in [-0.3, -0.25) is 4.39 Å². The van der Waals surface area contributed by atoms with E-state index in [4.69, 9.17) is 11.6 Å². The van der Waals surface area contributed by atoms with Crippen LogP contribution >= 0.6 is 11.6 Å². The Bertz CT molecular complexity index is 752. The number of imidazole rings is 1. The first-order valence-electron chi connectivity index (χ1n) is 9.85. The van der Waals surface area contributed by atoms with Crippen LogP contribution in [0.2, 0.25) is 5.28 Å². The lowest BCUT2D eigenvalue weighted by atomic mass is 9.80. The second kappa shape index (κ2) is 7.67. The highest BCUT2D eigenvalue weighted by atomic mass is 35.5. The molecule has 2 fully saturated rings. The molecule has 0 saturated heterocycles. The largest absolute Gasteiger partial charge is 0.365 e. The fourth-order valence-electron chi connectivity index (χ4n) is 4.31. The third kappa shape index (κ3) is 3.66. The molecule has 2 aromatic heterocycles. The molecule has 2 saturated carbocycles. The van der Waals surface area contributed by atoms with Crippen LogP contribution in [-0.4, -0.2) is 32.2 Å². The van der Waals surface area contributed by atoms with E-state index < -0.39 is 0 Å². The number of fused-ring (bicyclic) bond motifs is 1. The van der Waals surface area contributed by atoms with Gasteiger partial charge in [0.2, 0.25) is 5.28 Å². The van der Waals surface area contributed by atoms with E-state index in [1.54, 1.807) is 0 Å². The third-order valence-corrected chi connectivity index (χ3v) is 6.47. The van der Waals surface area contributed by atoms with Crippen molar-refractivity contribution in [2.45, 2.75) is 64.5 Å². The van der Waals surface area contributed by atoms with E-state index >= 15 is 0 Å². The molecule has 0 spiro atoms. The van der Waals surface area contributed by atoms with Crippen molar-refractivity contribution in [3.05, 3.63) is 11.6 Å². The summed E-state index contributed by atoms with van der Waals surface area (Å²) in [5.74, 6) is 2.30. The van der Waals surface area contributed by atoms with Crippen molar-refractivity contribution >= 4 is 28.6 Å². The average molecular weight is 380 g/mol. The zero-order valence-corrected chi connectivity index (χ0v) is 16.1. The molecule has 26 heavy (non-hydrogen) atoms. The lowest BCUT2D eigenvalue weighted by Crippen LogP contribution is -2.31. The molecular formula is C19H27ClFN5. The quantitative estimate of drug-likeness (QED) is 0.728. The van der Waals surface area contributed by atoms with Crippen LogP contribution in [0.4, 0.5) is 10.2 Å². The van der Waals surface area contributed by atoms with Crippen LogP contribution in [0.5, 0.6) is 0 Å². The molecule has 142 valence electrons. The first kappa shape index (κ1) is 18.0. The highest BCUT2D eigenvalue weighted by molar-refractivity contribution is 6.28. The minimum absolute atomic E-state index is 0.180. The summed E-state index contributed by atoms with van der Waals surface area (Å²) in [6.07, 6.45) is 9.82. The molecule has 1 N–H and O–H groups in total. The van der Waals surface area contributed by atoms with Gasteiger partial charge in [0.05, 0.1) is 13.0 Å². The lowest BCUT2D eigenvalue weighted by Gasteiger charge is -2.32. The van der Waals surface area contributed by atoms with E-state index in [1.165, 1.54) is 19.3 Å². The second-order valence-electron chi connectivity index (χ2n) is 8.08. The fourth-order valence-corrected chi connectivity index (χ4v) is 4.48. The molecule has 0 aromatic carbocycles. The molecule has 1 atom stereocenters. The molecule has 5 nitrogen and oxygen atoms in total. The van der Waals surface area contributed by atoms with Crippen molar-refractivity contribution in [2.75, 3.05) is 12.0 Å². The van der Waals surface area contributed by atoms with Crippen molar-refractivity contribution in [3.8, 4) is 0 Å². The summed E-state index contributed by atoms with van der Waals surface area (Å²) in [6, 6.07) is 0.362. The molecule has 2 aliphatic rings. The van der Waals surface area contributed by atoms with Crippen LogP contribution in [0.25, 0.3) is 11.2 Å². The van der Waals surface area contributed by atoms with Crippen molar-refractivity contribution in [1.82, 2.24) is 19.5 Å². The Hall–Kier alpha value is -1.43. The zero-order valence-electron chi connectivity index (χ0n) is 15.3. The van der Waals surface area contributed by atoms with Crippen molar-refractivity contribution in [3.63, 3.8) is 0 Å². The van der Waals surface area contributed by atoms with E-state index in [9.17, 15) is 4.39 Å². The first-order valence-corrected chi connectivity index (χ1v) is 10.2. The van der Waals surface area contributed by atoms with Crippen LogP contribution in [0, 0.1) is 17.8 Å². The lowest BCUT2D eigenvalue weighted by molar-refractivity contribution is 0.218. The zero-order chi connectivity index (χ0) is 18.1. The SMILES string of the molecule is C[C@@H](Nc1nc(Cl)nc2ncn(C[C@H]3CC[C@H](CF)CC3)c12)C1CCC1. The van der Waals surface area contributed by atoms with Gasteiger partial charge in [0.25, 0.3) is 0 Å². The maximum atomic E-state index is 12.9. The first-order chi connectivity index (χ1) is 12.6. The van der Waals surface area contributed by atoms with Gasteiger partial charge >= 0.3 is 0 Å². The molecule has 7 heteroatoms. The van der Waals surface area contributed by atoms with E-state index in [2.05, 4.69) is 31.8 Å².